The van der Waals surface area contributed by atoms with E-state index in [2.05, 4.69) is 0 Å². The first-order valence-electron chi connectivity index (χ1n) is 4.05. The van der Waals surface area contributed by atoms with Crippen LogP contribution in [0.1, 0.15) is 0 Å². The van der Waals surface area contributed by atoms with Crippen LogP contribution in [-0.4, -0.2) is 66.2 Å². The molecule has 14 heavy (non-hydrogen) atoms. The lowest BCUT2D eigenvalue weighted by Crippen LogP contribution is -2.39. The van der Waals surface area contributed by atoms with Gasteiger partial charge in [0.1, 0.15) is 13.5 Å². The molecule has 2 atom stereocenters. The molecule has 0 aliphatic carbocycles. The number of aliphatic hydroxyl groups is 2. The number of carbonyl (C=O) groups is 1. The average molecular weight is 206 g/mol. The monoisotopic (exact) mass is 206 g/mol. The number of rotatable bonds is 4. The first-order valence-corrected chi connectivity index (χ1v) is 4.05. The molecule has 0 aromatic rings. The van der Waals surface area contributed by atoms with Crippen molar-refractivity contribution >= 4 is 6.03 Å². The maximum atomic E-state index is 11.5. The number of amides is 2. The number of nitrogens with zero attached hydrogens (tertiary/aromatic N) is 2. The largest absolute Gasteiger partial charge is 0.376 e. The Labute approximate surface area is 81.4 Å². The number of hydrogen-bond acceptors (Lipinski definition) is 5. The van der Waals surface area contributed by atoms with Crippen LogP contribution in [0.3, 0.4) is 0 Å². The first kappa shape index (κ1) is 11.2. The zero-order valence-electron chi connectivity index (χ0n) is 8.08. The Balaban J connectivity index is 2.78. The normalized spacial score (nSPS) is 27.6. The van der Waals surface area contributed by atoms with Gasteiger partial charge in [-0.3, -0.25) is 9.80 Å². The fourth-order valence-electron chi connectivity index (χ4n) is 1.36. The Hall–Kier alpha value is -0.890. The van der Waals surface area contributed by atoms with Crippen LogP contribution in [0.15, 0.2) is 0 Å². The van der Waals surface area contributed by atoms with Crippen LogP contribution in [-0.2, 0) is 9.47 Å². The van der Waals surface area contributed by atoms with Crippen LogP contribution in [0.4, 0.5) is 4.79 Å². The molecule has 1 aliphatic heterocycles. The summed E-state index contributed by atoms with van der Waals surface area (Å²) in [5, 5.41) is 18.4. The van der Waals surface area contributed by atoms with Crippen molar-refractivity contribution in [3.63, 3.8) is 0 Å². The van der Waals surface area contributed by atoms with Gasteiger partial charge in [-0.2, -0.15) is 0 Å². The van der Waals surface area contributed by atoms with E-state index in [1.807, 2.05) is 0 Å². The molecule has 0 saturated carbocycles. The quantitative estimate of drug-likeness (QED) is 0.589. The van der Waals surface area contributed by atoms with Crippen molar-refractivity contribution in [3.05, 3.63) is 0 Å². The molecule has 1 aliphatic rings. The molecule has 2 N–H and O–H groups in total. The molecule has 1 fully saturated rings. The number of methoxy groups -OCH3 is 2. The second kappa shape index (κ2) is 4.56. The summed E-state index contributed by atoms with van der Waals surface area (Å²) in [4.78, 5) is 13.5. The van der Waals surface area contributed by atoms with E-state index in [1.165, 1.54) is 19.1 Å². The number of carbonyl (C=O) groups excluding carboxylic acids is 1. The van der Waals surface area contributed by atoms with E-state index < -0.39 is 25.2 Å². The fraction of sp³-hybridized carbons (Fsp3) is 0.857. The average Bonchev–Trinajstić information content (AvgIpc) is 2.39. The van der Waals surface area contributed by atoms with Crippen molar-refractivity contribution in [1.29, 1.82) is 0 Å². The highest BCUT2D eigenvalue weighted by Crippen LogP contribution is 2.20. The zero-order chi connectivity index (χ0) is 10.7. The van der Waals surface area contributed by atoms with Crippen molar-refractivity contribution in [2.75, 3.05) is 27.7 Å². The van der Waals surface area contributed by atoms with Gasteiger partial charge in [0, 0.05) is 14.2 Å². The predicted octanol–water partition coefficient (Wildman–Crippen LogP) is -1.43. The second-order valence-electron chi connectivity index (χ2n) is 2.82. The van der Waals surface area contributed by atoms with E-state index in [0.717, 1.165) is 4.90 Å². The van der Waals surface area contributed by atoms with Gasteiger partial charge < -0.3 is 19.7 Å². The van der Waals surface area contributed by atoms with Gasteiger partial charge in [0.15, 0.2) is 12.5 Å². The van der Waals surface area contributed by atoms with Crippen molar-refractivity contribution < 1.29 is 24.5 Å². The first-order chi connectivity index (χ1) is 6.67. The molecule has 1 rings (SSSR count). The summed E-state index contributed by atoms with van der Waals surface area (Å²) in [6.45, 7) is -0.551. The Bertz CT molecular complexity index is 212. The van der Waals surface area contributed by atoms with Crippen molar-refractivity contribution in [2.24, 2.45) is 0 Å². The van der Waals surface area contributed by atoms with E-state index in [9.17, 15) is 9.90 Å². The molecule has 0 aromatic heterocycles. The molecule has 0 bridgehead atoms. The minimum absolute atomic E-state index is 0.00486. The van der Waals surface area contributed by atoms with Gasteiger partial charge in [-0.15, -0.1) is 0 Å². The summed E-state index contributed by atoms with van der Waals surface area (Å²) >= 11 is 0. The number of urea groups is 1. The lowest BCUT2D eigenvalue weighted by molar-refractivity contribution is -0.114. The highest BCUT2D eigenvalue weighted by atomic mass is 16.5. The van der Waals surface area contributed by atoms with Gasteiger partial charge in [0.05, 0.1) is 0 Å². The van der Waals surface area contributed by atoms with E-state index in [1.54, 1.807) is 0 Å². The lowest BCUT2D eigenvalue weighted by atomic mass is 10.5. The minimum Gasteiger partial charge on any atom is -0.376 e. The maximum absolute atomic E-state index is 11.5. The Morgan fingerprint density at radius 2 is 2.07 bits per heavy atom. The van der Waals surface area contributed by atoms with Gasteiger partial charge in [-0.05, 0) is 0 Å². The molecule has 0 spiro atoms. The van der Waals surface area contributed by atoms with Gasteiger partial charge >= 0.3 is 6.03 Å². The Morgan fingerprint density at radius 1 is 1.43 bits per heavy atom. The summed E-state index contributed by atoms with van der Waals surface area (Å²) in [5.74, 6) is 0. The third-order valence-corrected chi connectivity index (χ3v) is 2.04. The standard InChI is InChI=1S/C7H14N2O5/c1-13-4-9-6(14-2)5(11)8(3-10)7(9)12/h5-6,10-11H,3-4H2,1-2H3. The van der Waals surface area contributed by atoms with Crippen LogP contribution < -0.4 is 0 Å². The molecule has 7 nitrogen and oxygen atoms in total. The van der Waals surface area contributed by atoms with Crippen LogP contribution in [0, 0.1) is 0 Å². The third kappa shape index (κ3) is 1.67. The van der Waals surface area contributed by atoms with Crippen molar-refractivity contribution in [1.82, 2.24) is 9.80 Å². The summed E-state index contributed by atoms with van der Waals surface area (Å²) in [6, 6.07) is -0.520. The lowest BCUT2D eigenvalue weighted by Gasteiger charge is -2.21. The fourth-order valence-corrected chi connectivity index (χ4v) is 1.36. The van der Waals surface area contributed by atoms with E-state index in [4.69, 9.17) is 14.6 Å². The van der Waals surface area contributed by atoms with Crippen molar-refractivity contribution in [3.8, 4) is 0 Å². The van der Waals surface area contributed by atoms with Crippen molar-refractivity contribution in [2.45, 2.75) is 12.5 Å². The van der Waals surface area contributed by atoms with Gasteiger partial charge in [0.25, 0.3) is 0 Å². The van der Waals surface area contributed by atoms with E-state index >= 15 is 0 Å². The van der Waals surface area contributed by atoms with Crippen LogP contribution in [0.2, 0.25) is 0 Å². The Morgan fingerprint density at radius 3 is 2.50 bits per heavy atom. The van der Waals surface area contributed by atoms with Crippen LogP contribution in [0.5, 0.6) is 0 Å². The van der Waals surface area contributed by atoms with E-state index in [-0.39, 0.29) is 6.73 Å². The topological polar surface area (TPSA) is 82.5 Å². The number of ether oxygens (including phenoxy) is 2. The molecule has 1 saturated heterocycles. The van der Waals surface area contributed by atoms with E-state index in [0.29, 0.717) is 0 Å². The molecule has 7 heteroatoms. The molecule has 0 aromatic carbocycles. The van der Waals surface area contributed by atoms with Crippen LogP contribution >= 0.6 is 0 Å². The Kier molecular flexibility index (Phi) is 3.64. The molecule has 2 unspecified atom stereocenters. The second-order valence-corrected chi connectivity index (χ2v) is 2.82. The molecular weight excluding hydrogens is 192 g/mol. The SMILES string of the molecule is COCN1C(=O)N(CO)C(O)C1OC. The van der Waals surface area contributed by atoms with Crippen LogP contribution in [0.25, 0.3) is 0 Å². The molecule has 82 valence electrons. The summed E-state index contributed by atoms with van der Waals surface area (Å²) in [5.41, 5.74) is 0. The van der Waals surface area contributed by atoms with Gasteiger partial charge in [-0.25, -0.2) is 4.79 Å². The molecule has 0 radical (unpaired) electrons. The molecule has 1 heterocycles. The highest BCUT2D eigenvalue weighted by molar-refractivity contribution is 5.77. The highest BCUT2D eigenvalue weighted by Gasteiger charge is 2.44. The summed E-state index contributed by atoms with van der Waals surface area (Å²) in [7, 11) is 2.79. The number of aliphatic hydroxyl groups excluding tert-OH is 2. The van der Waals surface area contributed by atoms with Gasteiger partial charge in [-0.1, -0.05) is 0 Å². The zero-order valence-corrected chi connectivity index (χ0v) is 8.08. The summed E-state index contributed by atoms with van der Waals surface area (Å²) in [6.07, 6.45) is -1.98. The third-order valence-electron chi connectivity index (χ3n) is 2.04. The molecular formula is C7H14N2O5. The summed E-state index contributed by atoms with van der Waals surface area (Å²) < 4.78 is 9.69. The van der Waals surface area contributed by atoms with Gasteiger partial charge in [0.2, 0.25) is 0 Å². The number of hydrogen-bond donors (Lipinski definition) is 2. The smallest absolute Gasteiger partial charge is 0.328 e. The minimum atomic E-state index is -1.17. The maximum Gasteiger partial charge on any atom is 0.328 e. The predicted molar refractivity (Wildman–Crippen MR) is 44.8 cm³/mol. The molecule has 2 amide bonds.